The summed E-state index contributed by atoms with van der Waals surface area (Å²) in [5.41, 5.74) is 3.76. The second kappa shape index (κ2) is 10.7. The number of benzene rings is 3. The topological polar surface area (TPSA) is 64.3 Å². The summed E-state index contributed by atoms with van der Waals surface area (Å²) >= 11 is 0. The smallest absolute Gasteiger partial charge is 0.428 e. The number of hydrogen-bond acceptors (Lipinski definition) is 3. The Labute approximate surface area is 203 Å². The van der Waals surface area contributed by atoms with Gasteiger partial charge in [-0.05, 0) is 47.0 Å². The normalized spacial score (nSPS) is 12.9. The fraction of sp³-hybridized carbons (Fsp3) is 0.208. The maximum Gasteiger partial charge on any atom is 0.461 e. The summed E-state index contributed by atoms with van der Waals surface area (Å²) in [6.45, 7) is 0.119. The van der Waals surface area contributed by atoms with E-state index in [0.29, 0.717) is 17.7 Å². The highest BCUT2D eigenvalue weighted by molar-refractivity contribution is 5.95. The number of alkyl halides is 7. The van der Waals surface area contributed by atoms with Crippen LogP contribution in [-0.4, -0.2) is 18.4 Å². The molecule has 0 bridgehead atoms. The fourth-order valence-electron chi connectivity index (χ4n) is 3.32. The van der Waals surface area contributed by atoms with Gasteiger partial charge in [-0.3, -0.25) is 4.79 Å². The van der Waals surface area contributed by atoms with Gasteiger partial charge in [0.2, 0.25) is 0 Å². The molecule has 3 aromatic carbocycles. The highest BCUT2D eigenvalue weighted by Crippen LogP contribution is 2.34. The predicted octanol–water partition coefficient (Wildman–Crippen LogP) is 6.20. The zero-order valence-electron chi connectivity index (χ0n) is 18.4. The third kappa shape index (κ3) is 6.73. The molecule has 0 radical (unpaired) electrons. The molecule has 1 atom stereocenters. The van der Waals surface area contributed by atoms with Crippen LogP contribution in [0.4, 0.5) is 39.5 Å². The van der Waals surface area contributed by atoms with E-state index in [2.05, 4.69) is 10.1 Å². The first-order valence-corrected chi connectivity index (χ1v) is 10.3. The Hall–Kier alpha value is -3.74. The molecule has 0 fully saturated rings. The number of ether oxygens (including phenoxy) is 1. The van der Waals surface area contributed by atoms with Crippen LogP contribution in [0.3, 0.4) is 0 Å². The van der Waals surface area contributed by atoms with Crippen LogP contribution in [0.25, 0.3) is 0 Å². The van der Waals surface area contributed by atoms with Crippen LogP contribution in [0, 0.1) is 11.6 Å². The van der Waals surface area contributed by atoms with E-state index in [9.17, 15) is 44.3 Å². The Morgan fingerprint density at radius 3 is 2.11 bits per heavy atom. The quantitative estimate of drug-likeness (QED) is 0.337. The van der Waals surface area contributed by atoms with E-state index in [1.165, 1.54) is 24.3 Å². The Morgan fingerprint density at radius 2 is 1.54 bits per heavy atom. The predicted molar refractivity (Wildman–Crippen MR) is 113 cm³/mol. The summed E-state index contributed by atoms with van der Waals surface area (Å²) in [4.78, 5) is 12.8. The lowest BCUT2D eigenvalue weighted by Gasteiger charge is -2.23. The third-order valence-electron chi connectivity index (χ3n) is 5.09. The average Bonchev–Trinajstić information content (AvgIpc) is 2.81. The standard InChI is InChI=1S/C24H17F9N2O2/c25-16-7-15(8-17(10-16)37-24(32,33)22(27)28)20(13-3-1-12(11-34)2-4-13)35-21(36)14-5-6-19(26)18(9-14)23(29,30)31/h1-10,20,22H,11,34H2,(H,35,36)/t20-/m1/s1. The molecule has 0 heterocycles. The number of nitrogens with one attached hydrogen (secondary N) is 1. The Morgan fingerprint density at radius 1 is 0.892 bits per heavy atom. The van der Waals surface area contributed by atoms with Gasteiger partial charge in [-0.1, -0.05) is 24.3 Å². The summed E-state index contributed by atoms with van der Waals surface area (Å²) in [6.07, 6.45) is -14.3. The summed E-state index contributed by atoms with van der Waals surface area (Å²) in [6, 6.07) is 7.88. The van der Waals surface area contributed by atoms with Crippen molar-refractivity contribution in [3.8, 4) is 5.75 Å². The maximum atomic E-state index is 14.3. The van der Waals surface area contributed by atoms with Crippen molar-refractivity contribution in [2.75, 3.05) is 0 Å². The fourth-order valence-corrected chi connectivity index (χ4v) is 3.32. The van der Waals surface area contributed by atoms with Gasteiger partial charge in [0.15, 0.2) is 0 Å². The van der Waals surface area contributed by atoms with E-state index in [1.54, 1.807) is 0 Å². The van der Waals surface area contributed by atoms with Crippen molar-refractivity contribution < 1.29 is 49.0 Å². The van der Waals surface area contributed by atoms with Crippen LogP contribution in [0.1, 0.15) is 38.7 Å². The van der Waals surface area contributed by atoms with Gasteiger partial charge < -0.3 is 15.8 Å². The monoisotopic (exact) mass is 536 g/mol. The molecule has 0 aliphatic heterocycles. The number of rotatable bonds is 8. The van der Waals surface area contributed by atoms with E-state index >= 15 is 0 Å². The van der Waals surface area contributed by atoms with Crippen LogP contribution in [0.2, 0.25) is 0 Å². The molecule has 0 saturated heterocycles. The summed E-state index contributed by atoms with van der Waals surface area (Å²) in [5, 5.41) is 2.32. The van der Waals surface area contributed by atoms with Gasteiger partial charge in [-0.2, -0.15) is 30.7 Å². The molecule has 13 heteroatoms. The van der Waals surface area contributed by atoms with Crippen molar-refractivity contribution in [3.05, 3.63) is 100 Å². The Bertz CT molecular complexity index is 1260. The van der Waals surface area contributed by atoms with E-state index in [0.717, 1.165) is 18.2 Å². The number of carbonyl (C=O) groups is 1. The van der Waals surface area contributed by atoms with E-state index in [1.807, 2.05) is 0 Å². The Kier molecular flexibility index (Phi) is 8.06. The van der Waals surface area contributed by atoms with Crippen molar-refractivity contribution in [2.45, 2.75) is 31.3 Å². The van der Waals surface area contributed by atoms with Gasteiger partial charge in [0.05, 0.1) is 11.6 Å². The molecule has 0 aliphatic carbocycles. The first-order valence-electron chi connectivity index (χ1n) is 10.3. The zero-order valence-corrected chi connectivity index (χ0v) is 18.4. The molecule has 3 rings (SSSR count). The van der Waals surface area contributed by atoms with Crippen molar-refractivity contribution in [1.29, 1.82) is 0 Å². The van der Waals surface area contributed by atoms with Gasteiger partial charge in [0, 0.05) is 18.2 Å². The second-order valence-electron chi connectivity index (χ2n) is 7.73. The summed E-state index contributed by atoms with van der Waals surface area (Å²) in [7, 11) is 0. The molecule has 37 heavy (non-hydrogen) atoms. The minimum Gasteiger partial charge on any atom is -0.428 e. The zero-order chi connectivity index (χ0) is 27.5. The SMILES string of the molecule is NCc1ccc([C@@H](NC(=O)c2ccc(F)c(C(F)(F)F)c2)c2cc(F)cc(OC(F)(F)C(F)F)c2)cc1. The van der Waals surface area contributed by atoms with Crippen molar-refractivity contribution >= 4 is 5.91 Å². The molecular formula is C24H17F9N2O2. The van der Waals surface area contributed by atoms with E-state index in [-0.39, 0.29) is 23.7 Å². The van der Waals surface area contributed by atoms with Crippen molar-refractivity contribution in [2.24, 2.45) is 5.73 Å². The average molecular weight is 536 g/mol. The van der Waals surface area contributed by atoms with Gasteiger partial charge in [-0.15, -0.1) is 0 Å². The highest BCUT2D eigenvalue weighted by Gasteiger charge is 2.44. The third-order valence-corrected chi connectivity index (χ3v) is 5.09. The molecule has 0 unspecified atom stereocenters. The first-order chi connectivity index (χ1) is 17.2. The molecule has 3 N–H and O–H groups in total. The minimum absolute atomic E-state index is 0.119. The number of amides is 1. The van der Waals surface area contributed by atoms with Crippen LogP contribution < -0.4 is 15.8 Å². The molecule has 0 aromatic heterocycles. The van der Waals surface area contributed by atoms with Gasteiger partial charge in [-0.25, -0.2) is 8.78 Å². The minimum atomic E-state index is -5.11. The molecule has 0 spiro atoms. The van der Waals surface area contributed by atoms with Crippen LogP contribution in [-0.2, 0) is 12.7 Å². The molecular weight excluding hydrogens is 519 g/mol. The highest BCUT2D eigenvalue weighted by atomic mass is 19.4. The number of hydrogen-bond donors (Lipinski definition) is 2. The van der Waals surface area contributed by atoms with Crippen molar-refractivity contribution in [1.82, 2.24) is 5.32 Å². The second-order valence-corrected chi connectivity index (χ2v) is 7.73. The summed E-state index contributed by atoms with van der Waals surface area (Å²) in [5.74, 6) is -4.98. The largest absolute Gasteiger partial charge is 0.461 e. The molecule has 0 saturated carbocycles. The van der Waals surface area contributed by atoms with Gasteiger partial charge in [0.1, 0.15) is 17.4 Å². The van der Waals surface area contributed by atoms with Crippen molar-refractivity contribution in [3.63, 3.8) is 0 Å². The van der Waals surface area contributed by atoms with Crippen LogP contribution >= 0.6 is 0 Å². The lowest BCUT2D eigenvalue weighted by Crippen LogP contribution is -2.33. The molecule has 3 aromatic rings. The Balaban J connectivity index is 2.05. The molecule has 1 amide bonds. The molecule has 0 aliphatic rings. The van der Waals surface area contributed by atoms with Gasteiger partial charge >= 0.3 is 18.7 Å². The molecule has 198 valence electrons. The van der Waals surface area contributed by atoms with Gasteiger partial charge in [0.25, 0.3) is 5.91 Å². The number of halogens is 9. The van der Waals surface area contributed by atoms with Crippen LogP contribution in [0.5, 0.6) is 5.75 Å². The number of carbonyl (C=O) groups excluding carboxylic acids is 1. The van der Waals surface area contributed by atoms with E-state index < -0.39 is 59.2 Å². The first kappa shape index (κ1) is 27.8. The van der Waals surface area contributed by atoms with E-state index in [4.69, 9.17) is 5.73 Å². The lowest BCUT2D eigenvalue weighted by atomic mass is 9.96. The lowest BCUT2D eigenvalue weighted by molar-refractivity contribution is -0.253. The van der Waals surface area contributed by atoms with Crippen LogP contribution in [0.15, 0.2) is 60.7 Å². The number of nitrogens with two attached hydrogens (primary N) is 1. The molecule has 4 nitrogen and oxygen atoms in total. The maximum absolute atomic E-state index is 14.3. The summed E-state index contributed by atoms with van der Waals surface area (Å²) < 4.78 is 123.